The quantitative estimate of drug-likeness (QED) is 0.507. The van der Waals surface area contributed by atoms with Crippen molar-refractivity contribution in [2.24, 2.45) is 0 Å². The van der Waals surface area contributed by atoms with Crippen molar-refractivity contribution in [1.29, 1.82) is 0 Å². The average Bonchev–Trinajstić information content (AvgIpc) is 3.39. The summed E-state index contributed by atoms with van der Waals surface area (Å²) in [7, 11) is -3.82. The molecule has 0 bridgehead atoms. The van der Waals surface area contributed by atoms with E-state index >= 15 is 0 Å². The fourth-order valence-corrected chi connectivity index (χ4v) is 7.33. The normalized spacial score (nSPS) is 24.4. The molecule has 1 aromatic carbocycles. The number of hydrogen-bond donors (Lipinski definition) is 2. The number of aliphatic hydroxyl groups is 1. The number of sulfonamides is 1. The van der Waals surface area contributed by atoms with E-state index in [4.69, 9.17) is 0 Å². The number of thiophene rings is 1. The number of nitrogens with one attached hydrogen (secondary N) is 1. The lowest BCUT2D eigenvalue weighted by Gasteiger charge is -2.45. The van der Waals surface area contributed by atoms with Gasteiger partial charge in [0.15, 0.2) is 5.60 Å². The first-order valence-corrected chi connectivity index (χ1v) is 14.1. The Morgan fingerprint density at radius 2 is 1.71 bits per heavy atom. The van der Waals surface area contributed by atoms with E-state index in [9.17, 15) is 39.9 Å². The second kappa shape index (κ2) is 10.6. The van der Waals surface area contributed by atoms with Crippen molar-refractivity contribution < 1.29 is 39.9 Å². The minimum atomic E-state index is -4.89. The third-order valence-electron chi connectivity index (χ3n) is 6.97. The van der Waals surface area contributed by atoms with Crippen LogP contribution in [-0.2, 0) is 15.6 Å². The fraction of sp³-hybridized carbons (Fsp3) is 0.565. The van der Waals surface area contributed by atoms with Gasteiger partial charge in [-0.3, -0.25) is 4.90 Å². The van der Waals surface area contributed by atoms with Crippen LogP contribution in [0, 0.1) is 0 Å². The summed E-state index contributed by atoms with van der Waals surface area (Å²) in [4.78, 5) is 3.42. The second-order valence-corrected chi connectivity index (χ2v) is 12.7. The lowest BCUT2D eigenvalue weighted by atomic mass is 9.95. The van der Waals surface area contributed by atoms with Crippen LogP contribution in [0.25, 0.3) is 0 Å². The Morgan fingerprint density at radius 1 is 1.03 bits per heavy atom. The highest BCUT2D eigenvalue weighted by Crippen LogP contribution is 2.39. The van der Waals surface area contributed by atoms with Gasteiger partial charge < -0.3 is 15.3 Å². The summed E-state index contributed by atoms with van der Waals surface area (Å²) in [6, 6.07) is 5.92. The van der Waals surface area contributed by atoms with Gasteiger partial charge in [-0.25, -0.2) is 8.42 Å². The maximum absolute atomic E-state index is 13.3. The SMILES string of the molecule is C[C@](O)(c1ccc(N2CCN(S(=O)(=O)c3cccs3)C[C@@H]2CN2CCN[C@@H](C(F)(F)F)C2)cc1)C(F)(F)F. The first-order valence-electron chi connectivity index (χ1n) is 11.8. The Hall–Kier alpha value is -1.91. The lowest BCUT2D eigenvalue weighted by Crippen LogP contribution is -2.62. The number of piperazine rings is 2. The summed E-state index contributed by atoms with van der Waals surface area (Å²) in [6.45, 7) is 1.15. The minimum absolute atomic E-state index is 0.0110. The molecule has 2 aliphatic rings. The van der Waals surface area contributed by atoms with Crippen LogP contribution in [0.1, 0.15) is 12.5 Å². The summed E-state index contributed by atoms with van der Waals surface area (Å²) in [5, 5.41) is 14.1. The molecule has 0 aliphatic carbocycles. The molecule has 0 amide bonds. The zero-order chi connectivity index (χ0) is 27.9. The van der Waals surface area contributed by atoms with E-state index in [0.717, 1.165) is 23.5 Å². The first kappa shape index (κ1) is 29.1. The molecule has 0 unspecified atom stereocenters. The van der Waals surface area contributed by atoms with Gasteiger partial charge in [-0.1, -0.05) is 18.2 Å². The standard InChI is InChI=1S/C23H28F6N4O3S2/c1-21(34,23(27,28)29)16-4-6-17(7-5-16)33-11-10-32(38(35,36)20-3-2-12-37-20)14-18(33)13-31-9-8-30-19(15-31)22(24,25)26/h2-7,12,18-19,30,34H,8-11,13-15H2,1H3/t18-,19+,21-/m0/s1. The van der Waals surface area contributed by atoms with Gasteiger partial charge in [0.05, 0.1) is 6.04 Å². The maximum Gasteiger partial charge on any atom is 0.421 e. The number of benzene rings is 1. The zero-order valence-corrected chi connectivity index (χ0v) is 22.0. The van der Waals surface area contributed by atoms with Crippen molar-refractivity contribution in [3.8, 4) is 0 Å². The summed E-state index contributed by atoms with van der Waals surface area (Å²) in [6.07, 6.45) is -9.33. The van der Waals surface area contributed by atoms with E-state index in [1.165, 1.54) is 22.5 Å². The third kappa shape index (κ3) is 5.97. The van der Waals surface area contributed by atoms with Crippen molar-refractivity contribution in [2.45, 2.75) is 41.2 Å². The van der Waals surface area contributed by atoms with Gasteiger partial charge in [-0.15, -0.1) is 11.3 Å². The van der Waals surface area contributed by atoms with Crippen LogP contribution in [0.2, 0.25) is 0 Å². The van der Waals surface area contributed by atoms with Gasteiger partial charge in [-0.05, 0) is 36.1 Å². The molecule has 4 rings (SSSR count). The van der Waals surface area contributed by atoms with E-state index in [2.05, 4.69) is 5.32 Å². The summed E-state index contributed by atoms with van der Waals surface area (Å²) in [5.41, 5.74) is -2.95. The van der Waals surface area contributed by atoms with E-state index < -0.39 is 40.1 Å². The second-order valence-electron chi connectivity index (χ2n) is 9.57. The number of nitrogens with zero attached hydrogens (tertiary/aromatic N) is 3. The number of rotatable bonds is 6. The number of halogens is 6. The molecule has 2 aliphatic heterocycles. The van der Waals surface area contributed by atoms with E-state index in [-0.39, 0.29) is 49.0 Å². The predicted octanol–water partition coefficient (Wildman–Crippen LogP) is 3.23. The number of alkyl halides is 6. The molecule has 3 heterocycles. The molecular weight excluding hydrogens is 558 g/mol. The highest BCUT2D eigenvalue weighted by Gasteiger charge is 2.51. The minimum Gasteiger partial charge on any atom is -0.376 e. The summed E-state index contributed by atoms with van der Waals surface area (Å²) in [5.74, 6) is 0. The van der Waals surface area contributed by atoms with Crippen molar-refractivity contribution in [3.63, 3.8) is 0 Å². The van der Waals surface area contributed by atoms with Crippen LogP contribution in [0.4, 0.5) is 32.0 Å². The van der Waals surface area contributed by atoms with E-state index in [1.54, 1.807) is 21.2 Å². The Bertz CT molecular complexity index is 1190. The van der Waals surface area contributed by atoms with Gasteiger partial charge in [0, 0.05) is 51.5 Å². The Balaban J connectivity index is 1.60. The van der Waals surface area contributed by atoms with Crippen molar-refractivity contribution in [3.05, 3.63) is 47.3 Å². The molecule has 15 heteroatoms. The molecule has 2 saturated heterocycles. The zero-order valence-electron chi connectivity index (χ0n) is 20.3. The van der Waals surface area contributed by atoms with Gasteiger partial charge in [0.1, 0.15) is 10.3 Å². The highest BCUT2D eigenvalue weighted by atomic mass is 32.2. The molecule has 2 aromatic rings. The Morgan fingerprint density at radius 3 is 2.29 bits per heavy atom. The van der Waals surface area contributed by atoms with Crippen LogP contribution in [0.3, 0.4) is 0 Å². The average molecular weight is 587 g/mol. The van der Waals surface area contributed by atoms with Crippen molar-refractivity contribution >= 4 is 27.0 Å². The molecule has 2 fully saturated rings. The van der Waals surface area contributed by atoms with E-state index in [0.29, 0.717) is 19.2 Å². The van der Waals surface area contributed by atoms with Gasteiger partial charge in [0.25, 0.3) is 10.0 Å². The molecule has 3 atom stereocenters. The molecule has 0 radical (unpaired) electrons. The predicted molar refractivity (Wildman–Crippen MR) is 131 cm³/mol. The summed E-state index contributed by atoms with van der Waals surface area (Å²) < 4.78 is 108. The largest absolute Gasteiger partial charge is 0.421 e. The van der Waals surface area contributed by atoms with Crippen LogP contribution in [0.15, 0.2) is 46.0 Å². The molecule has 7 nitrogen and oxygen atoms in total. The first-order chi connectivity index (χ1) is 17.6. The van der Waals surface area contributed by atoms with Crippen LogP contribution < -0.4 is 10.2 Å². The highest BCUT2D eigenvalue weighted by molar-refractivity contribution is 7.91. The monoisotopic (exact) mass is 586 g/mol. The molecule has 0 spiro atoms. The van der Waals surface area contributed by atoms with E-state index in [1.807, 2.05) is 0 Å². The lowest BCUT2D eigenvalue weighted by molar-refractivity contribution is -0.258. The van der Waals surface area contributed by atoms with Gasteiger partial charge in [-0.2, -0.15) is 30.6 Å². The maximum atomic E-state index is 13.3. The van der Waals surface area contributed by atoms with Crippen molar-refractivity contribution in [1.82, 2.24) is 14.5 Å². The molecular formula is C23H28F6N4O3S2. The Kier molecular flexibility index (Phi) is 8.10. The van der Waals surface area contributed by atoms with Gasteiger partial charge in [0.2, 0.25) is 0 Å². The fourth-order valence-electron chi connectivity index (χ4n) is 4.71. The van der Waals surface area contributed by atoms with Crippen LogP contribution in [0.5, 0.6) is 0 Å². The Labute approximate surface area is 220 Å². The topological polar surface area (TPSA) is 76.1 Å². The molecule has 0 saturated carbocycles. The molecule has 1 aromatic heterocycles. The van der Waals surface area contributed by atoms with Crippen LogP contribution in [-0.4, -0.2) is 93.0 Å². The number of anilines is 1. The molecule has 38 heavy (non-hydrogen) atoms. The number of hydrogen-bond acceptors (Lipinski definition) is 7. The molecule has 2 N–H and O–H groups in total. The van der Waals surface area contributed by atoms with Crippen molar-refractivity contribution in [2.75, 3.05) is 50.7 Å². The van der Waals surface area contributed by atoms with Crippen LogP contribution >= 0.6 is 11.3 Å². The molecule has 212 valence electrons. The smallest absolute Gasteiger partial charge is 0.376 e. The van der Waals surface area contributed by atoms with Gasteiger partial charge >= 0.3 is 12.4 Å². The third-order valence-corrected chi connectivity index (χ3v) is 10.2. The summed E-state index contributed by atoms with van der Waals surface area (Å²) >= 11 is 1.06.